The van der Waals surface area contributed by atoms with Crippen molar-refractivity contribution in [1.82, 2.24) is 4.90 Å². The molecule has 3 heteroatoms. The molecule has 1 aliphatic rings. The number of nitrogens with zero attached hydrogens (tertiary/aromatic N) is 1. The Kier molecular flexibility index (Phi) is 5.31. The second-order valence-electron chi connectivity index (χ2n) is 6.57. The lowest BCUT2D eigenvalue weighted by Gasteiger charge is -2.38. The minimum Gasteiger partial charge on any atom is -0.387 e. The van der Waals surface area contributed by atoms with Crippen molar-refractivity contribution in [2.75, 3.05) is 25.0 Å². The molecule has 3 nitrogen and oxygen atoms in total. The summed E-state index contributed by atoms with van der Waals surface area (Å²) in [7, 11) is 0. The van der Waals surface area contributed by atoms with E-state index in [2.05, 4.69) is 41.4 Å². The van der Waals surface area contributed by atoms with E-state index in [1.165, 1.54) is 5.69 Å². The molecule has 2 aromatic carbocycles. The van der Waals surface area contributed by atoms with Gasteiger partial charge in [-0.05, 0) is 30.0 Å². The van der Waals surface area contributed by atoms with Crippen molar-refractivity contribution in [2.45, 2.75) is 25.5 Å². The van der Waals surface area contributed by atoms with Crippen LogP contribution in [-0.2, 0) is 0 Å². The molecule has 1 fully saturated rings. The number of aliphatic hydroxyl groups is 1. The number of rotatable bonds is 5. The summed E-state index contributed by atoms with van der Waals surface area (Å²) in [6, 6.07) is 20.9. The van der Waals surface area contributed by atoms with E-state index in [-0.39, 0.29) is 0 Å². The summed E-state index contributed by atoms with van der Waals surface area (Å²) in [6.45, 7) is 5.06. The minimum atomic E-state index is -0.401. The lowest BCUT2D eigenvalue weighted by Crippen LogP contribution is -2.46. The highest BCUT2D eigenvalue weighted by Gasteiger charge is 2.27. The highest BCUT2D eigenvalue weighted by atomic mass is 16.3. The van der Waals surface area contributed by atoms with E-state index >= 15 is 0 Å². The van der Waals surface area contributed by atoms with E-state index in [1.807, 2.05) is 36.4 Å². The molecule has 1 heterocycles. The summed E-state index contributed by atoms with van der Waals surface area (Å²) >= 11 is 0. The van der Waals surface area contributed by atoms with E-state index in [0.717, 1.165) is 25.1 Å². The van der Waals surface area contributed by atoms with E-state index in [1.54, 1.807) is 0 Å². The molecule has 0 amide bonds. The van der Waals surface area contributed by atoms with E-state index < -0.39 is 6.10 Å². The van der Waals surface area contributed by atoms with Gasteiger partial charge in [-0.1, -0.05) is 55.5 Å². The molecule has 2 N–H and O–H groups in total. The van der Waals surface area contributed by atoms with Gasteiger partial charge in [-0.25, -0.2) is 0 Å². The molecule has 122 valence electrons. The van der Waals surface area contributed by atoms with Crippen molar-refractivity contribution in [2.24, 2.45) is 5.92 Å². The Morgan fingerprint density at radius 3 is 2.39 bits per heavy atom. The van der Waals surface area contributed by atoms with Crippen LogP contribution in [0.5, 0.6) is 0 Å². The topological polar surface area (TPSA) is 35.5 Å². The lowest BCUT2D eigenvalue weighted by atomic mass is 9.93. The second-order valence-corrected chi connectivity index (χ2v) is 6.57. The zero-order valence-corrected chi connectivity index (χ0v) is 13.7. The summed E-state index contributed by atoms with van der Waals surface area (Å²) in [5, 5.41) is 14.0. The summed E-state index contributed by atoms with van der Waals surface area (Å²) in [5.41, 5.74) is 2.20. The van der Waals surface area contributed by atoms with Crippen molar-refractivity contribution in [3.8, 4) is 0 Å². The van der Waals surface area contributed by atoms with Crippen molar-refractivity contribution >= 4 is 5.69 Å². The molecule has 0 aromatic heterocycles. The van der Waals surface area contributed by atoms with Gasteiger partial charge in [-0.15, -0.1) is 0 Å². The summed E-state index contributed by atoms with van der Waals surface area (Å²) in [4.78, 5) is 2.38. The average Bonchev–Trinajstić information content (AvgIpc) is 2.59. The van der Waals surface area contributed by atoms with Crippen LogP contribution in [0, 0.1) is 5.92 Å². The maximum absolute atomic E-state index is 10.4. The van der Waals surface area contributed by atoms with Gasteiger partial charge in [0, 0.05) is 31.4 Å². The largest absolute Gasteiger partial charge is 0.387 e. The van der Waals surface area contributed by atoms with Crippen LogP contribution in [0.4, 0.5) is 5.69 Å². The first-order chi connectivity index (χ1) is 11.2. The van der Waals surface area contributed by atoms with Gasteiger partial charge in [-0.2, -0.15) is 0 Å². The van der Waals surface area contributed by atoms with Gasteiger partial charge in [0.2, 0.25) is 0 Å². The van der Waals surface area contributed by atoms with Crippen LogP contribution in [0.2, 0.25) is 0 Å². The van der Waals surface area contributed by atoms with Crippen molar-refractivity contribution in [3.05, 3.63) is 66.2 Å². The van der Waals surface area contributed by atoms with Crippen molar-refractivity contribution in [3.63, 3.8) is 0 Å². The predicted octanol–water partition coefficient (Wildman–Crippen LogP) is 3.54. The average molecular weight is 310 g/mol. The number of hydrogen-bond donors (Lipinski definition) is 2. The quantitative estimate of drug-likeness (QED) is 0.886. The third-order valence-electron chi connectivity index (χ3n) is 4.73. The monoisotopic (exact) mass is 310 g/mol. The number of piperidine rings is 1. The van der Waals surface area contributed by atoms with Gasteiger partial charge in [0.15, 0.2) is 0 Å². The molecule has 1 saturated heterocycles. The molecule has 0 unspecified atom stereocenters. The smallest absolute Gasteiger partial charge is 0.0916 e. The maximum atomic E-state index is 10.4. The fraction of sp³-hybridized carbons (Fsp3) is 0.400. The molecular weight excluding hydrogens is 284 g/mol. The normalized spacial score (nSPS) is 23.4. The number of aliphatic hydroxyl groups excluding tert-OH is 1. The number of anilines is 1. The molecule has 0 radical (unpaired) electrons. The summed E-state index contributed by atoms with van der Waals surface area (Å²) in [6.07, 6.45) is 0.708. The van der Waals surface area contributed by atoms with E-state index in [9.17, 15) is 5.11 Å². The summed E-state index contributed by atoms with van der Waals surface area (Å²) < 4.78 is 0. The molecular formula is C20H26N2O. The first kappa shape index (κ1) is 16.0. The predicted molar refractivity (Wildman–Crippen MR) is 95.5 cm³/mol. The van der Waals surface area contributed by atoms with Crippen molar-refractivity contribution < 1.29 is 5.11 Å². The maximum Gasteiger partial charge on any atom is 0.0916 e. The first-order valence-corrected chi connectivity index (χ1v) is 8.49. The highest BCUT2D eigenvalue weighted by Crippen LogP contribution is 2.23. The zero-order chi connectivity index (χ0) is 16.1. The first-order valence-electron chi connectivity index (χ1n) is 8.49. The molecule has 0 bridgehead atoms. The van der Waals surface area contributed by atoms with Gasteiger partial charge >= 0.3 is 0 Å². The Balaban J connectivity index is 1.52. The molecule has 0 saturated carbocycles. The number of β-amino-alcohol motifs (C(OH)–C–C–N with tert-alkyl or cyclic N) is 1. The Morgan fingerprint density at radius 2 is 1.74 bits per heavy atom. The van der Waals surface area contributed by atoms with Crippen LogP contribution in [-0.4, -0.2) is 35.7 Å². The molecule has 0 spiro atoms. The minimum absolute atomic E-state index is 0.401. The van der Waals surface area contributed by atoms with Crippen LogP contribution in [0.1, 0.15) is 25.0 Å². The molecule has 23 heavy (non-hydrogen) atoms. The number of benzene rings is 2. The molecule has 3 rings (SSSR count). The SMILES string of the molecule is C[C@@H]1CN(C[C@H](O)c2ccccc2)CC[C@H]1Nc1ccccc1. The van der Waals surface area contributed by atoms with Crippen LogP contribution in [0.25, 0.3) is 0 Å². The zero-order valence-electron chi connectivity index (χ0n) is 13.7. The van der Waals surface area contributed by atoms with E-state index in [0.29, 0.717) is 18.5 Å². The Hall–Kier alpha value is -1.84. The Bertz CT molecular complexity index is 587. The van der Waals surface area contributed by atoms with Gasteiger partial charge < -0.3 is 10.4 Å². The fourth-order valence-electron chi connectivity index (χ4n) is 3.39. The molecule has 2 aromatic rings. The van der Waals surface area contributed by atoms with Crippen LogP contribution < -0.4 is 5.32 Å². The second kappa shape index (κ2) is 7.62. The third-order valence-corrected chi connectivity index (χ3v) is 4.73. The summed E-state index contributed by atoms with van der Waals surface area (Å²) in [5.74, 6) is 0.562. The standard InChI is InChI=1S/C20H26N2O/c1-16-14-22(15-20(23)17-8-4-2-5-9-17)13-12-19(16)21-18-10-6-3-7-11-18/h2-11,16,19-21,23H,12-15H2,1H3/t16-,19-,20+/m1/s1. The van der Waals surface area contributed by atoms with Gasteiger partial charge in [0.1, 0.15) is 0 Å². The highest BCUT2D eigenvalue weighted by molar-refractivity contribution is 5.43. The van der Waals surface area contributed by atoms with Crippen LogP contribution >= 0.6 is 0 Å². The fourth-order valence-corrected chi connectivity index (χ4v) is 3.39. The van der Waals surface area contributed by atoms with E-state index in [4.69, 9.17) is 0 Å². The van der Waals surface area contributed by atoms with Crippen LogP contribution in [0.15, 0.2) is 60.7 Å². The number of hydrogen-bond acceptors (Lipinski definition) is 3. The molecule has 3 atom stereocenters. The Morgan fingerprint density at radius 1 is 1.09 bits per heavy atom. The third kappa shape index (κ3) is 4.34. The lowest BCUT2D eigenvalue weighted by molar-refractivity contribution is 0.0837. The van der Waals surface area contributed by atoms with Gasteiger partial charge in [0.25, 0.3) is 0 Å². The Labute approximate surface area is 139 Å². The van der Waals surface area contributed by atoms with Crippen LogP contribution in [0.3, 0.4) is 0 Å². The number of nitrogens with one attached hydrogen (secondary N) is 1. The van der Waals surface area contributed by atoms with Gasteiger partial charge in [0.05, 0.1) is 6.10 Å². The number of likely N-dealkylation sites (tertiary alicyclic amines) is 1. The molecule has 0 aliphatic carbocycles. The van der Waals surface area contributed by atoms with Gasteiger partial charge in [-0.3, -0.25) is 4.90 Å². The number of para-hydroxylation sites is 1. The van der Waals surface area contributed by atoms with Crippen molar-refractivity contribution in [1.29, 1.82) is 0 Å². The molecule has 1 aliphatic heterocycles.